The van der Waals surface area contributed by atoms with Gasteiger partial charge >= 0.3 is 0 Å². The lowest BCUT2D eigenvalue weighted by molar-refractivity contribution is 0.415. The van der Waals surface area contributed by atoms with Crippen LogP contribution in [0.5, 0.6) is 5.75 Å². The lowest BCUT2D eigenvalue weighted by Gasteiger charge is -2.10. The number of rotatable bonds is 3. The molecular weight excluding hydrogens is 378 g/mol. The zero-order valence-corrected chi connectivity index (χ0v) is 17.2. The topological polar surface area (TPSA) is 14.2 Å². The summed E-state index contributed by atoms with van der Waals surface area (Å²) in [4.78, 5) is 0. The van der Waals surface area contributed by atoms with Gasteiger partial charge in [0.15, 0.2) is 0 Å². The zero-order valence-electron chi connectivity index (χ0n) is 17.2. The molecule has 0 aliphatic rings. The first-order valence-corrected chi connectivity index (χ1v) is 10.5. The highest BCUT2D eigenvalue weighted by Gasteiger charge is 2.11. The van der Waals surface area contributed by atoms with E-state index in [2.05, 4.69) is 108 Å². The predicted molar refractivity (Wildman–Crippen MR) is 130 cm³/mol. The van der Waals surface area contributed by atoms with E-state index >= 15 is 0 Å². The summed E-state index contributed by atoms with van der Waals surface area (Å²) < 4.78 is 7.69. The van der Waals surface area contributed by atoms with Crippen molar-refractivity contribution < 1.29 is 4.74 Å². The van der Waals surface area contributed by atoms with Crippen LogP contribution in [0.4, 0.5) is 0 Å². The number of benzene rings is 5. The van der Waals surface area contributed by atoms with E-state index < -0.39 is 0 Å². The largest absolute Gasteiger partial charge is 0.497 e. The number of fused-ring (bicyclic) bond motifs is 4. The standard InChI is InChI=1S/C29H21NO/c1-31-25-17-14-22-18-21(10-11-23(22)19-25)20-12-15-24(16-13-20)30-28-8-4-2-6-26(28)27-7-3-5-9-29(27)30/h2-19H,1H3. The minimum atomic E-state index is 0.885. The molecule has 0 fully saturated rings. The summed E-state index contributed by atoms with van der Waals surface area (Å²) in [6, 6.07) is 38.9. The number of hydrogen-bond acceptors (Lipinski definition) is 1. The number of para-hydroxylation sites is 2. The lowest BCUT2D eigenvalue weighted by Crippen LogP contribution is -1.93. The third kappa shape index (κ3) is 2.88. The van der Waals surface area contributed by atoms with Crippen LogP contribution in [-0.4, -0.2) is 11.7 Å². The summed E-state index contributed by atoms with van der Waals surface area (Å²) in [6.07, 6.45) is 0. The van der Waals surface area contributed by atoms with Crippen molar-refractivity contribution in [2.45, 2.75) is 0 Å². The fraction of sp³-hybridized carbons (Fsp3) is 0.0345. The molecule has 5 aromatic carbocycles. The zero-order chi connectivity index (χ0) is 20.8. The minimum Gasteiger partial charge on any atom is -0.497 e. The molecule has 2 nitrogen and oxygen atoms in total. The lowest BCUT2D eigenvalue weighted by atomic mass is 10.0. The third-order valence-corrected chi connectivity index (χ3v) is 6.09. The van der Waals surface area contributed by atoms with Gasteiger partial charge in [-0.05, 0) is 64.4 Å². The molecule has 0 aliphatic carbocycles. The Balaban J connectivity index is 1.45. The van der Waals surface area contributed by atoms with E-state index in [-0.39, 0.29) is 0 Å². The van der Waals surface area contributed by atoms with Crippen molar-refractivity contribution in [3.63, 3.8) is 0 Å². The molecule has 6 aromatic rings. The third-order valence-electron chi connectivity index (χ3n) is 6.09. The average Bonchev–Trinajstić information content (AvgIpc) is 3.18. The fourth-order valence-corrected chi connectivity index (χ4v) is 4.53. The second-order valence-corrected chi connectivity index (χ2v) is 7.84. The van der Waals surface area contributed by atoms with Crippen LogP contribution < -0.4 is 4.74 Å². The van der Waals surface area contributed by atoms with Crippen LogP contribution in [0.2, 0.25) is 0 Å². The van der Waals surface area contributed by atoms with Gasteiger partial charge in [-0.3, -0.25) is 0 Å². The number of nitrogens with zero attached hydrogens (tertiary/aromatic N) is 1. The molecule has 0 saturated carbocycles. The monoisotopic (exact) mass is 399 g/mol. The highest BCUT2D eigenvalue weighted by atomic mass is 16.5. The Labute approximate surface area is 180 Å². The van der Waals surface area contributed by atoms with Crippen LogP contribution >= 0.6 is 0 Å². The van der Waals surface area contributed by atoms with Crippen LogP contribution in [0.1, 0.15) is 0 Å². The van der Waals surface area contributed by atoms with Gasteiger partial charge in [0.05, 0.1) is 18.1 Å². The maximum atomic E-state index is 5.34. The average molecular weight is 399 g/mol. The Hall–Kier alpha value is -4.04. The molecule has 0 saturated heterocycles. The molecule has 1 heterocycles. The second kappa shape index (κ2) is 7.03. The Morgan fingerprint density at radius 2 is 1.13 bits per heavy atom. The molecule has 0 radical (unpaired) electrons. The van der Waals surface area contributed by atoms with Crippen LogP contribution in [0, 0.1) is 0 Å². The molecule has 0 aliphatic heterocycles. The first-order chi connectivity index (χ1) is 15.3. The summed E-state index contributed by atoms with van der Waals surface area (Å²) in [5.41, 5.74) is 6.06. The minimum absolute atomic E-state index is 0.885. The van der Waals surface area contributed by atoms with E-state index in [1.165, 1.54) is 49.4 Å². The van der Waals surface area contributed by atoms with Gasteiger partial charge < -0.3 is 9.30 Å². The van der Waals surface area contributed by atoms with Gasteiger partial charge in [0.2, 0.25) is 0 Å². The number of aromatic nitrogens is 1. The molecule has 0 N–H and O–H groups in total. The van der Waals surface area contributed by atoms with Crippen molar-refractivity contribution >= 4 is 32.6 Å². The summed E-state index contributed by atoms with van der Waals surface area (Å²) in [7, 11) is 1.70. The van der Waals surface area contributed by atoms with Crippen LogP contribution in [-0.2, 0) is 0 Å². The SMILES string of the molecule is COc1ccc2cc(-c3ccc(-n4c5ccccc5c5ccccc54)cc3)ccc2c1. The maximum Gasteiger partial charge on any atom is 0.119 e. The van der Waals surface area contributed by atoms with Crippen LogP contribution in [0.3, 0.4) is 0 Å². The van der Waals surface area contributed by atoms with Crippen molar-refractivity contribution in [2.75, 3.05) is 7.11 Å². The number of hydrogen-bond donors (Lipinski definition) is 0. The first-order valence-electron chi connectivity index (χ1n) is 10.5. The van der Waals surface area contributed by atoms with Crippen molar-refractivity contribution in [1.29, 1.82) is 0 Å². The number of ether oxygens (including phenoxy) is 1. The van der Waals surface area contributed by atoms with Crippen LogP contribution in [0.25, 0.3) is 49.4 Å². The maximum absolute atomic E-state index is 5.34. The van der Waals surface area contributed by atoms with Crippen LogP contribution in [0.15, 0.2) is 109 Å². The van der Waals surface area contributed by atoms with Gasteiger partial charge in [-0.1, -0.05) is 66.7 Å². The Morgan fingerprint density at radius 1 is 0.548 bits per heavy atom. The molecule has 0 atom stereocenters. The van der Waals surface area contributed by atoms with E-state index in [4.69, 9.17) is 4.74 Å². The van der Waals surface area contributed by atoms with Gasteiger partial charge in [-0.2, -0.15) is 0 Å². The molecule has 1 aromatic heterocycles. The van der Waals surface area contributed by atoms with E-state index in [9.17, 15) is 0 Å². The highest BCUT2D eigenvalue weighted by molar-refractivity contribution is 6.09. The molecule has 6 rings (SSSR count). The van der Waals surface area contributed by atoms with E-state index in [1.54, 1.807) is 7.11 Å². The van der Waals surface area contributed by atoms with Gasteiger partial charge in [-0.15, -0.1) is 0 Å². The molecule has 0 spiro atoms. The van der Waals surface area contributed by atoms with Crippen molar-refractivity contribution in [3.05, 3.63) is 109 Å². The molecular formula is C29H21NO. The molecule has 0 bridgehead atoms. The summed E-state index contributed by atoms with van der Waals surface area (Å²) in [5.74, 6) is 0.885. The van der Waals surface area contributed by atoms with Gasteiger partial charge in [-0.25, -0.2) is 0 Å². The Kier molecular flexibility index (Phi) is 4.03. The van der Waals surface area contributed by atoms with Gasteiger partial charge in [0.1, 0.15) is 5.75 Å². The second-order valence-electron chi connectivity index (χ2n) is 7.84. The molecule has 31 heavy (non-hydrogen) atoms. The Bertz CT molecular complexity index is 1500. The summed E-state index contributed by atoms with van der Waals surface area (Å²) >= 11 is 0. The van der Waals surface area contributed by atoms with Crippen molar-refractivity contribution in [1.82, 2.24) is 4.57 Å². The highest BCUT2D eigenvalue weighted by Crippen LogP contribution is 2.33. The van der Waals surface area contributed by atoms with E-state index in [0.717, 1.165) is 5.75 Å². The molecule has 0 amide bonds. The first kappa shape index (κ1) is 17.8. The molecule has 148 valence electrons. The fourth-order valence-electron chi connectivity index (χ4n) is 4.53. The Morgan fingerprint density at radius 3 is 1.81 bits per heavy atom. The molecule has 0 unspecified atom stereocenters. The van der Waals surface area contributed by atoms with Crippen molar-refractivity contribution in [3.8, 4) is 22.6 Å². The van der Waals surface area contributed by atoms with E-state index in [1.807, 2.05) is 6.07 Å². The van der Waals surface area contributed by atoms with Gasteiger partial charge in [0, 0.05) is 16.5 Å². The predicted octanol–water partition coefficient (Wildman–Crippen LogP) is 7.61. The number of methoxy groups -OCH3 is 1. The normalized spacial score (nSPS) is 11.4. The van der Waals surface area contributed by atoms with Crippen molar-refractivity contribution in [2.24, 2.45) is 0 Å². The van der Waals surface area contributed by atoms with Gasteiger partial charge in [0.25, 0.3) is 0 Å². The quantitative estimate of drug-likeness (QED) is 0.299. The summed E-state index contributed by atoms with van der Waals surface area (Å²) in [5, 5.41) is 4.97. The van der Waals surface area contributed by atoms with E-state index in [0.29, 0.717) is 0 Å². The summed E-state index contributed by atoms with van der Waals surface area (Å²) in [6.45, 7) is 0. The smallest absolute Gasteiger partial charge is 0.119 e. The molecule has 2 heteroatoms.